The molecule has 0 unspecified atom stereocenters. The van der Waals surface area contributed by atoms with Crippen molar-refractivity contribution in [1.29, 1.82) is 5.26 Å². The van der Waals surface area contributed by atoms with Crippen molar-refractivity contribution in [3.63, 3.8) is 0 Å². The van der Waals surface area contributed by atoms with Crippen LogP contribution in [0.4, 0.5) is 0 Å². The molecule has 0 radical (unpaired) electrons. The van der Waals surface area contributed by atoms with Crippen molar-refractivity contribution in [3.8, 4) is 6.07 Å². The van der Waals surface area contributed by atoms with E-state index in [1.165, 1.54) is 5.56 Å². The number of hydrogen-bond donors (Lipinski definition) is 1. The van der Waals surface area contributed by atoms with Crippen LogP contribution < -0.4 is 0 Å². The van der Waals surface area contributed by atoms with Crippen LogP contribution >= 0.6 is 0 Å². The first-order valence-electron chi connectivity index (χ1n) is 8.52. The molecule has 0 aliphatic carbocycles. The molecule has 2 atom stereocenters. The van der Waals surface area contributed by atoms with Crippen molar-refractivity contribution >= 4 is 5.91 Å². The Hall–Kier alpha value is -2.62. The molecule has 0 bridgehead atoms. The van der Waals surface area contributed by atoms with E-state index in [0.717, 1.165) is 13.1 Å². The number of morpholine rings is 1. The van der Waals surface area contributed by atoms with Crippen LogP contribution in [0.1, 0.15) is 21.6 Å². The number of ether oxygens (including phenoxy) is 1. The predicted molar refractivity (Wildman–Crippen MR) is 91.8 cm³/mol. The van der Waals surface area contributed by atoms with Gasteiger partial charge in [0.1, 0.15) is 11.8 Å². The summed E-state index contributed by atoms with van der Waals surface area (Å²) in [5.41, 5.74) is 2.21. The van der Waals surface area contributed by atoms with E-state index in [4.69, 9.17) is 10.00 Å². The molecule has 0 spiro atoms. The Morgan fingerprint density at radius 3 is 2.92 bits per heavy atom. The molecule has 1 aromatic carbocycles. The van der Waals surface area contributed by atoms with Gasteiger partial charge in [-0.05, 0) is 11.6 Å². The number of likely N-dealkylation sites (tertiary alicyclic amines) is 1. The minimum Gasteiger partial charge on any atom is -0.373 e. The Labute approximate surface area is 146 Å². The second-order valence-electron chi connectivity index (χ2n) is 6.56. The highest BCUT2D eigenvalue weighted by molar-refractivity contribution is 5.93. The van der Waals surface area contributed by atoms with Crippen LogP contribution in [-0.2, 0) is 11.3 Å². The summed E-state index contributed by atoms with van der Waals surface area (Å²) >= 11 is 0. The summed E-state index contributed by atoms with van der Waals surface area (Å²) in [5, 5.41) is 8.92. The maximum Gasteiger partial charge on any atom is 0.270 e. The van der Waals surface area contributed by atoms with Crippen molar-refractivity contribution in [2.75, 3.05) is 26.2 Å². The van der Waals surface area contributed by atoms with Crippen LogP contribution in [-0.4, -0.2) is 59.1 Å². The second kappa shape index (κ2) is 6.71. The predicted octanol–water partition coefficient (Wildman–Crippen LogP) is 1.61. The van der Waals surface area contributed by atoms with Gasteiger partial charge in [0.15, 0.2) is 0 Å². The molecular formula is C19H20N4O2. The maximum atomic E-state index is 12.7. The Morgan fingerprint density at radius 1 is 1.32 bits per heavy atom. The van der Waals surface area contributed by atoms with Gasteiger partial charge in [0, 0.05) is 32.4 Å². The highest BCUT2D eigenvalue weighted by atomic mass is 16.5. The number of benzene rings is 1. The number of nitrogens with one attached hydrogen (secondary N) is 1. The van der Waals surface area contributed by atoms with Gasteiger partial charge in [0.25, 0.3) is 5.91 Å². The number of nitrogens with zero attached hydrogens (tertiary/aromatic N) is 3. The topological polar surface area (TPSA) is 72.4 Å². The second-order valence-corrected chi connectivity index (χ2v) is 6.56. The summed E-state index contributed by atoms with van der Waals surface area (Å²) in [5.74, 6) is -0.0702. The highest BCUT2D eigenvalue weighted by Crippen LogP contribution is 2.25. The molecule has 6 nitrogen and oxygen atoms in total. The minimum absolute atomic E-state index is 0.0480. The number of fused-ring (bicyclic) bond motifs is 1. The van der Waals surface area contributed by atoms with E-state index in [2.05, 4.69) is 34.1 Å². The van der Waals surface area contributed by atoms with Gasteiger partial charge in [0.2, 0.25) is 0 Å². The van der Waals surface area contributed by atoms with Crippen LogP contribution in [0.25, 0.3) is 0 Å². The zero-order valence-electron chi connectivity index (χ0n) is 13.9. The number of hydrogen-bond acceptors (Lipinski definition) is 4. The zero-order valence-corrected chi connectivity index (χ0v) is 13.9. The number of H-pyrrole nitrogens is 1. The standard InChI is InChI=1S/C19H20N4O2/c20-9-15-8-16(21-10-15)19(24)23-12-17-18(13-23)25-7-6-22(17)11-14-4-2-1-3-5-14/h1-5,8,10,17-18,21H,6-7,11-13H2/t17-,18-/m0/s1. The number of nitriles is 1. The average Bonchev–Trinajstić information content (AvgIpc) is 3.29. The zero-order chi connectivity index (χ0) is 17.2. The number of aromatic amines is 1. The van der Waals surface area contributed by atoms with Gasteiger partial charge in [-0.25, -0.2) is 0 Å². The van der Waals surface area contributed by atoms with E-state index in [1.807, 2.05) is 17.0 Å². The van der Waals surface area contributed by atoms with Crippen molar-refractivity contribution in [3.05, 3.63) is 59.4 Å². The Balaban J connectivity index is 1.47. The van der Waals surface area contributed by atoms with Gasteiger partial charge in [-0.3, -0.25) is 9.69 Å². The first-order chi connectivity index (χ1) is 12.2. The Morgan fingerprint density at radius 2 is 2.16 bits per heavy atom. The fourth-order valence-corrected chi connectivity index (χ4v) is 3.69. The summed E-state index contributed by atoms with van der Waals surface area (Å²) in [4.78, 5) is 19.8. The van der Waals surface area contributed by atoms with E-state index >= 15 is 0 Å². The molecule has 0 saturated carbocycles. The van der Waals surface area contributed by atoms with Crippen LogP contribution in [0, 0.1) is 11.3 Å². The molecule has 1 amide bonds. The molecule has 1 aromatic heterocycles. The lowest BCUT2D eigenvalue weighted by Crippen LogP contribution is -2.50. The Kier molecular flexibility index (Phi) is 4.26. The molecule has 6 heteroatoms. The van der Waals surface area contributed by atoms with Crippen LogP contribution in [0.15, 0.2) is 42.6 Å². The molecule has 2 saturated heterocycles. The van der Waals surface area contributed by atoms with Gasteiger partial charge >= 0.3 is 0 Å². The van der Waals surface area contributed by atoms with E-state index in [-0.39, 0.29) is 18.1 Å². The van der Waals surface area contributed by atoms with Crippen molar-refractivity contribution in [2.45, 2.75) is 18.7 Å². The summed E-state index contributed by atoms with van der Waals surface area (Å²) in [6.07, 6.45) is 1.61. The van der Waals surface area contributed by atoms with Crippen molar-refractivity contribution in [1.82, 2.24) is 14.8 Å². The Bertz CT molecular complexity index is 795. The van der Waals surface area contributed by atoms with Crippen molar-refractivity contribution < 1.29 is 9.53 Å². The van der Waals surface area contributed by atoms with E-state index in [1.54, 1.807) is 12.3 Å². The summed E-state index contributed by atoms with van der Waals surface area (Å²) < 4.78 is 5.91. The summed E-state index contributed by atoms with van der Waals surface area (Å²) in [6, 6.07) is 14.2. The lowest BCUT2D eigenvalue weighted by Gasteiger charge is -2.36. The molecule has 2 aliphatic rings. The number of amides is 1. The van der Waals surface area contributed by atoms with Gasteiger partial charge in [0.05, 0.1) is 24.3 Å². The average molecular weight is 336 g/mol. The van der Waals surface area contributed by atoms with Gasteiger partial charge in [-0.15, -0.1) is 0 Å². The molecule has 3 heterocycles. The molecule has 4 rings (SSSR count). The molecular weight excluding hydrogens is 316 g/mol. The molecule has 2 aromatic rings. The van der Waals surface area contributed by atoms with Crippen LogP contribution in [0.5, 0.6) is 0 Å². The van der Waals surface area contributed by atoms with E-state index in [9.17, 15) is 4.79 Å². The minimum atomic E-state index is -0.0702. The SMILES string of the molecule is N#Cc1c[nH]c(C(=O)N2C[C@@H]3OCCN(Cc4ccccc4)[C@H]3C2)c1. The normalized spacial score (nSPS) is 23.2. The number of rotatable bonds is 3. The summed E-state index contributed by atoms with van der Waals surface area (Å²) in [6.45, 7) is 3.68. The van der Waals surface area contributed by atoms with Gasteiger partial charge < -0.3 is 14.6 Å². The monoisotopic (exact) mass is 336 g/mol. The lowest BCUT2D eigenvalue weighted by molar-refractivity contribution is -0.0503. The smallest absolute Gasteiger partial charge is 0.270 e. The largest absolute Gasteiger partial charge is 0.373 e. The molecule has 2 aliphatic heterocycles. The maximum absolute atomic E-state index is 12.7. The number of carbonyl (C=O) groups excluding carboxylic acids is 1. The van der Waals surface area contributed by atoms with E-state index < -0.39 is 0 Å². The van der Waals surface area contributed by atoms with Crippen molar-refractivity contribution in [2.24, 2.45) is 0 Å². The third-order valence-electron chi connectivity index (χ3n) is 4.97. The summed E-state index contributed by atoms with van der Waals surface area (Å²) in [7, 11) is 0. The molecule has 1 N–H and O–H groups in total. The molecule has 128 valence electrons. The number of carbonyl (C=O) groups is 1. The lowest BCUT2D eigenvalue weighted by atomic mass is 10.1. The number of aromatic nitrogens is 1. The van der Waals surface area contributed by atoms with Gasteiger partial charge in [-0.2, -0.15) is 5.26 Å². The van der Waals surface area contributed by atoms with Crippen LogP contribution in [0.3, 0.4) is 0 Å². The first kappa shape index (κ1) is 15.9. The fraction of sp³-hybridized carbons (Fsp3) is 0.368. The highest BCUT2D eigenvalue weighted by Gasteiger charge is 2.42. The van der Waals surface area contributed by atoms with Gasteiger partial charge in [-0.1, -0.05) is 30.3 Å². The van der Waals surface area contributed by atoms with E-state index in [0.29, 0.717) is 31.0 Å². The molecule has 25 heavy (non-hydrogen) atoms. The third kappa shape index (κ3) is 3.16. The molecule has 2 fully saturated rings. The third-order valence-corrected chi connectivity index (χ3v) is 4.97. The fourth-order valence-electron chi connectivity index (χ4n) is 3.69. The quantitative estimate of drug-likeness (QED) is 0.924. The first-order valence-corrected chi connectivity index (χ1v) is 8.52. The van der Waals surface area contributed by atoms with Crippen LogP contribution in [0.2, 0.25) is 0 Å².